The molecule has 2 heteroatoms. The molecule has 2 nitrogen and oxygen atoms in total. The predicted octanol–water partition coefficient (Wildman–Crippen LogP) is 15.8. The molecule has 0 saturated carbocycles. The molecule has 8 aromatic rings. The number of aromatic nitrogens is 1. The van der Waals surface area contributed by atoms with Gasteiger partial charge in [-0.1, -0.05) is 166 Å². The van der Waals surface area contributed by atoms with Crippen LogP contribution in [0.5, 0.6) is 0 Å². The van der Waals surface area contributed by atoms with Crippen molar-refractivity contribution in [1.82, 2.24) is 4.57 Å². The maximum Gasteiger partial charge on any atom is 0.0726 e. The fraction of sp³-hybridized carbons (Fsp3) is 0.103. The minimum atomic E-state index is -0.401. The van der Waals surface area contributed by atoms with Crippen LogP contribution in [0.2, 0.25) is 0 Å². The molecule has 292 valence electrons. The van der Waals surface area contributed by atoms with Crippen molar-refractivity contribution in [3.8, 4) is 39.1 Å². The number of benzene rings is 7. The molecule has 0 fully saturated rings. The van der Waals surface area contributed by atoms with E-state index in [0.717, 1.165) is 22.8 Å². The number of fused-ring (bicyclic) bond motifs is 11. The second kappa shape index (κ2) is 15.9. The van der Waals surface area contributed by atoms with Gasteiger partial charge in [0, 0.05) is 33.8 Å². The highest BCUT2D eigenvalue weighted by molar-refractivity contribution is 5.96. The van der Waals surface area contributed by atoms with Crippen LogP contribution in [0.4, 0.5) is 11.4 Å². The molecule has 1 spiro atoms. The van der Waals surface area contributed by atoms with Gasteiger partial charge in [-0.05, 0) is 137 Å². The monoisotopic (exact) mass is 774 g/mol. The van der Waals surface area contributed by atoms with Gasteiger partial charge in [-0.25, -0.2) is 0 Å². The number of hydrogen-bond donors (Lipinski definition) is 0. The van der Waals surface area contributed by atoms with Crippen molar-refractivity contribution in [3.05, 3.63) is 240 Å². The first-order valence-electron chi connectivity index (χ1n) is 21.2. The van der Waals surface area contributed by atoms with Crippen molar-refractivity contribution < 1.29 is 0 Å². The van der Waals surface area contributed by atoms with Crippen LogP contribution in [-0.2, 0) is 5.41 Å². The Kier molecular flexibility index (Phi) is 10.2. The van der Waals surface area contributed by atoms with Crippen molar-refractivity contribution in [1.29, 1.82) is 0 Å². The lowest BCUT2D eigenvalue weighted by Crippen LogP contribution is -2.26. The van der Waals surface area contributed by atoms with E-state index >= 15 is 0 Å². The summed E-state index contributed by atoms with van der Waals surface area (Å²) in [6.07, 6.45) is 12.5. The van der Waals surface area contributed by atoms with Crippen LogP contribution in [-0.4, -0.2) is 4.57 Å². The number of hydrogen-bond acceptors (Lipinski definition) is 1. The molecule has 1 heterocycles. The molecule has 7 aromatic carbocycles. The molecular formula is C58H50N2. The highest BCUT2D eigenvalue weighted by Crippen LogP contribution is 2.63. The third kappa shape index (κ3) is 5.86. The van der Waals surface area contributed by atoms with E-state index in [2.05, 4.69) is 225 Å². The van der Waals surface area contributed by atoms with Gasteiger partial charge in [0.15, 0.2) is 0 Å². The summed E-state index contributed by atoms with van der Waals surface area (Å²) < 4.78 is 2.34. The normalized spacial score (nSPS) is 13.2. The van der Waals surface area contributed by atoms with Gasteiger partial charge in [0.1, 0.15) is 0 Å². The standard InChI is InChI=1S/C56H44N2.C2H6/c1-5-8-25-54-38(4)45-18-12-16-26-55(45)58(54)43-33-29-40(30-34-43)39-27-31-42(32-28-39)57(41(7-3)17-6-2)44-35-36-49-48-21-11-15-24-52(48)56(53(49)37-44)50-22-13-9-19-46(50)47-20-10-14-23-51(47)56;1-2/h5-37H,1H2,2-4H3;1-2H3/b17-6-,25-8-,41-7+;. The summed E-state index contributed by atoms with van der Waals surface area (Å²) in [7, 11) is 0. The molecule has 0 N–H and O–H groups in total. The highest BCUT2D eigenvalue weighted by Gasteiger charge is 2.51. The molecule has 2 aliphatic rings. The maximum atomic E-state index is 3.91. The van der Waals surface area contributed by atoms with Crippen molar-refractivity contribution in [2.24, 2.45) is 0 Å². The molecule has 0 bridgehead atoms. The first kappa shape index (κ1) is 38.4. The van der Waals surface area contributed by atoms with Crippen LogP contribution in [0.3, 0.4) is 0 Å². The third-order valence-electron chi connectivity index (χ3n) is 12.3. The van der Waals surface area contributed by atoms with E-state index in [0.29, 0.717) is 0 Å². The Balaban J connectivity index is 0.00000228. The van der Waals surface area contributed by atoms with E-state index in [-0.39, 0.29) is 0 Å². The number of nitrogens with zero attached hydrogens (tertiary/aromatic N) is 2. The van der Waals surface area contributed by atoms with Crippen LogP contribution in [0.15, 0.2) is 206 Å². The average Bonchev–Trinajstić information content (AvgIpc) is 3.89. The number of aryl methyl sites for hydroxylation is 1. The number of rotatable bonds is 8. The zero-order chi connectivity index (χ0) is 41.4. The zero-order valence-electron chi connectivity index (χ0n) is 35.2. The van der Waals surface area contributed by atoms with Gasteiger partial charge in [-0.3, -0.25) is 0 Å². The summed E-state index contributed by atoms with van der Waals surface area (Å²) in [5, 5.41) is 1.26. The van der Waals surface area contributed by atoms with E-state index in [1.807, 2.05) is 26.0 Å². The molecule has 2 aliphatic carbocycles. The van der Waals surface area contributed by atoms with Gasteiger partial charge in [0.25, 0.3) is 0 Å². The Bertz CT molecular complexity index is 2920. The lowest BCUT2D eigenvalue weighted by atomic mass is 9.70. The smallest absolute Gasteiger partial charge is 0.0726 e. The average molecular weight is 775 g/mol. The second-order valence-electron chi connectivity index (χ2n) is 15.2. The largest absolute Gasteiger partial charge is 0.311 e. The van der Waals surface area contributed by atoms with Crippen LogP contribution in [0.25, 0.3) is 56.0 Å². The summed E-state index contributed by atoms with van der Waals surface area (Å²) in [4.78, 5) is 2.40. The lowest BCUT2D eigenvalue weighted by molar-refractivity contribution is 0.793. The molecule has 0 unspecified atom stereocenters. The Morgan fingerprint density at radius 3 is 1.67 bits per heavy atom. The minimum Gasteiger partial charge on any atom is -0.311 e. The minimum absolute atomic E-state index is 0.401. The molecule has 0 amide bonds. The Morgan fingerprint density at radius 1 is 0.583 bits per heavy atom. The van der Waals surface area contributed by atoms with E-state index in [1.54, 1.807) is 0 Å². The van der Waals surface area contributed by atoms with Crippen LogP contribution in [0.1, 0.15) is 61.2 Å². The van der Waals surface area contributed by atoms with Crippen LogP contribution in [0, 0.1) is 6.92 Å². The van der Waals surface area contributed by atoms with E-state index in [9.17, 15) is 0 Å². The summed E-state index contributed by atoms with van der Waals surface area (Å²) in [5.74, 6) is 0. The second-order valence-corrected chi connectivity index (χ2v) is 15.2. The lowest BCUT2D eigenvalue weighted by Gasteiger charge is -2.32. The number of anilines is 2. The molecule has 60 heavy (non-hydrogen) atoms. The summed E-state index contributed by atoms with van der Waals surface area (Å²) >= 11 is 0. The van der Waals surface area contributed by atoms with Gasteiger partial charge in [0.2, 0.25) is 0 Å². The SMILES string of the molecule is C=C/C=C\c1c(C)c2ccccc2n1-c1ccc(-c2ccc(N(C(/C=C\C)=C/C)c3ccc4c(c3)C3(c5ccccc5-c5ccccc53)c3ccccc3-4)cc2)cc1.CC. The summed E-state index contributed by atoms with van der Waals surface area (Å²) in [5.41, 5.74) is 20.7. The molecule has 0 atom stereocenters. The highest BCUT2D eigenvalue weighted by atomic mass is 15.1. The summed E-state index contributed by atoms with van der Waals surface area (Å²) in [6, 6.07) is 60.7. The number of para-hydroxylation sites is 1. The van der Waals surface area contributed by atoms with Gasteiger partial charge < -0.3 is 9.47 Å². The molecular weight excluding hydrogens is 725 g/mol. The molecule has 0 aliphatic heterocycles. The van der Waals surface area contributed by atoms with Gasteiger partial charge in [0.05, 0.1) is 10.9 Å². The van der Waals surface area contributed by atoms with Crippen molar-refractivity contribution in [2.75, 3.05) is 4.90 Å². The maximum absolute atomic E-state index is 3.91. The first-order chi connectivity index (χ1) is 29.6. The van der Waals surface area contributed by atoms with E-state index in [4.69, 9.17) is 0 Å². The van der Waals surface area contributed by atoms with Crippen LogP contribution >= 0.6 is 0 Å². The third-order valence-corrected chi connectivity index (χ3v) is 12.3. The van der Waals surface area contributed by atoms with Gasteiger partial charge in [-0.2, -0.15) is 0 Å². The quantitative estimate of drug-likeness (QED) is 0.140. The van der Waals surface area contributed by atoms with E-state index in [1.165, 1.54) is 77.8 Å². The van der Waals surface area contributed by atoms with Crippen molar-refractivity contribution in [2.45, 2.75) is 40.0 Å². The zero-order valence-corrected chi connectivity index (χ0v) is 35.2. The fourth-order valence-corrected chi connectivity index (χ4v) is 9.80. The Hall–Kier alpha value is -7.16. The van der Waals surface area contributed by atoms with Gasteiger partial charge in [-0.15, -0.1) is 0 Å². The van der Waals surface area contributed by atoms with Crippen molar-refractivity contribution in [3.63, 3.8) is 0 Å². The van der Waals surface area contributed by atoms with Crippen molar-refractivity contribution >= 4 is 28.4 Å². The topological polar surface area (TPSA) is 8.17 Å². The van der Waals surface area contributed by atoms with Crippen LogP contribution < -0.4 is 4.90 Å². The van der Waals surface area contributed by atoms with E-state index < -0.39 is 5.41 Å². The predicted molar refractivity (Wildman–Crippen MR) is 257 cm³/mol. The molecule has 10 rings (SSSR count). The molecule has 1 aromatic heterocycles. The fourth-order valence-electron chi connectivity index (χ4n) is 9.80. The number of allylic oxidation sites excluding steroid dienone is 5. The Labute approximate surface area is 355 Å². The molecule has 0 radical (unpaired) electrons. The molecule has 0 saturated heterocycles. The Morgan fingerprint density at radius 2 is 1.10 bits per heavy atom. The first-order valence-corrected chi connectivity index (χ1v) is 21.2. The summed E-state index contributed by atoms with van der Waals surface area (Å²) in [6.45, 7) is 14.3. The van der Waals surface area contributed by atoms with Gasteiger partial charge >= 0.3 is 0 Å².